The molecule has 0 bridgehead atoms. The molecule has 3 unspecified atom stereocenters. The molecule has 0 aromatic rings. The zero-order chi connectivity index (χ0) is 15.7. The number of carbonyl (C=O) groups is 2. The van der Waals surface area contributed by atoms with Crippen molar-refractivity contribution >= 4 is 11.8 Å². The Balaban J connectivity index is 2.39. The van der Waals surface area contributed by atoms with Crippen molar-refractivity contribution in [1.29, 1.82) is 0 Å². The Bertz CT molecular complexity index is 406. The van der Waals surface area contributed by atoms with Gasteiger partial charge in [-0.3, -0.25) is 9.59 Å². The molecule has 0 radical (unpaired) electrons. The van der Waals surface area contributed by atoms with E-state index in [0.29, 0.717) is 5.92 Å². The van der Waals surface area contributed by atoms with Gasteiger partial charge < -0.3 is 9.80 Å². The third-order valence-electron chi connectivity index (χ3n) is 5.05. The summed E-state index contributed by atoms with van der Waals surface area (Å²) in [6.07, 6.45) is 3.83. The van der Waals surface area contributed by atoms with Gasteiger partial charge in [-0.15, -0.1) is 0 Å². The van der Waals surface area contributed by atoms with Gasteiger partial charge in [-0.1, -0.05) is 34.6 Å². The van der Waals surface area contributed by atoms with Gasteiger partial charge in [-0.2, -0.15) is 0 Å². The zero-order valence-electron chi connectivity index (χ0n) is 14.1. The molecule has 0 aliphatic carbocycles. The highest BCUT2D eigenvalue weighted by Gasteiger charge is 2.49. The van der Waals surface area contributed by atoms with Crippen LogP contribution in [0.1, 0.15) is 60.3 Å². The standard InChI is InChI=1S/C17H30N2O2/c1-6-13(11(2)3)19-15(12(4)5)17(21)18-10-8-7-9-14(18)16(19)20/h11-15H,6-10H2,1-5H3. The minimum absolute atomic E-state index is 0.164. The highest BCUT2D eigenvalue weighted by Crippen LogP contribution is 2.32. The van der Waals surface area contributed by atoms with Gasteiger partial charge in [0, 0.05) is 12.6 Å². The number of rotatable bonds is 4. The molecule has 2 aliphatic heterocycles. The predicted molar refractivity (Wildman–Crippen MR) is 83.7 cm³/mol. The molecule has 0 saturated carbocycles. The molecule has 2 amide bonds. The summed E-state index contributed by atoms with van der Waals surface area (Å²) in [7, 11) is 0. The molecule has 0 spiro atoms. The van der Waals surface area contributed by atoms with Gasteiger partial charge in [0.2, 0.25) is 11.8 Å². The number of hydrogen-bond acceptors (Lipinski definition) is 2. The monoisotopic (exact) mass is 294 g/mol. The van der Waals surface area contributed by atoms with Gasteiger partial charge in [-0.25, -0.2) is 0 Å². The molecule has 2 fully saturated rings. The molecular formula is C17H30N2O2. The predicted octanol–water partition coefficient (Wildman–Crippen LogP) is 2.67. The maximum absolute atomic E-state index is 13.1. The summed E-state index contributed by atoms with van der Waals surface area (Å²) in [5.74, 6) is 0.905. The SMILES string of the molecule is CCC(C(C)C)N1C(=O)C2CCCCN2C(=O)C1C(C)C. The fourth-order valence-corrected chi connectivity index (χ4v) is 4.02. The van der Waals surface area contributed by atoms with Crippen LogP contribution in [-0.2, 0) is 9.59 Å². The molecule has 3 atom stereocenters. The van der Waals surface area contributed by atoms with E-state index in [9.17, 15) is 9.59 Å². The van der Waals surface area contributed by atoms with Gasteiger partial charge in [-0.05, 0) is 37.5 Å². The molecule has 4 heteroatoms. The van der Waals surface area contributed by atoms with E-state index in [-0.39, 0.29) is 35.9 Å². The van der Waals surface area contributed by atoms with E-state index in [2.05, 4.69) is 34.6 Å². The minimum Gasteiger partial charge on any atom is -0.329 e. The number of carbonyl (C=O) groups excluding carboxylic acids is 2. The average Bonchev–Trinajstić information content (AvgIpc) is 2.44. The molecule has 0 aromatic carbocycles. The fraction of sp³-hybridized carbons (Fsp3) is 0.882. The normalized spacial score (nSPS) is 28.3. The Morgan fingerprint density at radius 3 is 2.29 bits per heavy atom. The highest BCUT2D eigenvalue weighted by molar-refractivity contribution is 5.97. The lowest BCUT2D eigenvalue weighted by Gasteiger charge is -2.51. The summed E-state index contributed by atoms with van der Waals surface area (Å²) in [5.41, 5.74) is 0. The van der Waals surface area contributed by atoms with Crippen LogP contribution in [0.5, 0.6) is 0 Å². The van der Waals surface area contributed by atoms with Crippen molar-refractivity contribution in [3.63, 3.8) is 0 Å². The number of fused-ring (bicyclic) bond motifs is 1. The Labute approximate surface area is 128 Å². The summed E-state index contributed by atoms with van der Waals surface area (Å²) in [5, 5.41) is 0. The van der Waals surface area contributed by atoms with Crippen LogP contribution in [0.25, 0.3) is 0 Å². The fourth-order valence-electron chi connectivity index (χ4n) is 4.02. The second-order valence-electron chi connectivity index (χ2n) is 7.20. The van der Waals surface area contributed by atoms with Crippen molar-refractivity contribution in [2.45, 2.75) is 78.4 Å². The Morgan fingerprint density at radius 1 is 1.10 bits per heavy atom. The lowest BCUT2D eigenvalue weighted by Crippen LogP contribution is -2.69. The summed E-state index contributed by atoms with van der Waals surface area (Å²) < 4.78 is 0. The van der Waals surface area contributed by atoms with Gasteiger partial charge in [0.15, 0.2) is 0 Å². The summed E-state index contributed by atoms with van der Waals surface area (Å²) in [6.45, 7) is 11.3. The minimum atomic E-state index is -0.279. The molecule has 2 rings (SSSR count). The average molecular weight is 294 g/mol. The van der Waals surface area contributed by atoms with E-state index < -0.39 is 0 Å². The van der Waals surface area contributed by atoms with Crippen LogP contribution in [0.3, 0.4) is 0 Å². The van der Waals surface area contributed by atoms with Crippen molar-refractivity contribution < 1.29 is 9.59 Å². The Kier molecular flexibility index (Phi) is 4.95. The van der Waals surface area contributed by atoms with Crippen LogP contribution >= 0.6 is 0 Å². The lowest BCUT2D eigenvalue weighted by atomic mass is 9.87. The van der Waals surface area contributed by atoms with E-state index in [1.54, 1.807) is 0 Å². The van der Waals surface area contributed by atoms with E-state index in [1.807, 2.05) is 9.80 Å². The number of nitrogens with zero attached hydrogens (tertiary/aromatic N) is 2. The Morgan fingerprint density at radius 2 is 1.76 bits per heavy atom. The van der Waals surface area contributed by atoms with Crippen LogP contribution in [0.15, 0.2) is 0 Å². The van der Waals surface area contributed by atoms with Crippen LogP contribution in [0.4, 0.5) is 0 Å². The van der Waals surface area contributed by atoms with Crippen LogP contribution in [-0.4, -0.2) is 46.3 Å². The molecule has 0 aromatic heterocycles. The van der Waals surface area contributed by atoms with Gasteiger partial charge >= 0.3 is 0 Å². The maximum Gasteiger partial charge on any atom is 0.246 e. The van der Waals surface area contributed by atoms with Crippen molar-refractivity contribution in [2.75, 3.05) is 6.54 Å². The van der Waals surface area contributed by atoms with Crippen LogP contribution in [0, 0.1) is 11.8 Å². The number of piperidine rings is 1. The first-order chi connectivity index (χ1) is 9.90. The lowest BCUT2D eigenvalue weighted by molar-refractivity contribution is -0.170. The second-order valence-corrected chi connectivity index (χ2v) is 7.20. The topological polar surface area (TPSA) is 40.6 Å². The first-order valence-corrected chi connectivity index (χ1v) is 8.52. The van der Waals surface area contributed by atoms with E-state index in [1.165, 1.54) is 0 Å². The molecule has 4 nitrogen and oxygen atoms in total. The number of piperazine rings is 1. The van der Waals surface area contributed by atoms with Crippen molar-refractivity contribution in [2.24, 2.45) is 11.8 Å². The first kappa shape index (κ1) is 16.3. The van der Waals surface area contributed by atoms with Crippen LogP contribution < -0.4 is 0 Å². The van der Waals surface area contributed by atoms with E-state index in [0.717, 1.165) is 32.2 Å². The largest absolute Gasteiger partial charge is 0.329 e. The molecule has 2 saturated heterocycles. The van der Waals surface area contributed by atoms with E-state index >= 15 is 0 Å². The first-order valence-electron chi connectivity index (χ1n) is 8.52. The molecule has 2 aliphatic rings. The quantitative estimate of drug-likeness (QED) is 0.800. The van der Waals surface area contributed by atoms with Gasteiger partial charge in [0.25, 0.3) is 0 Å². The maximum atomic E-state index is 13.1. The summed E-state index contributed by atoms with van der Waals surface area (Å²) >= 11 is 0. The van der Waals surface area contributed by atoms with Gasteiger partial charge in [0.1, 0.15) is 12.1 Å². The van der Waals surface area contributed by atoms with E-state index in [4.69, 9.17) is 0 Å². The molecule has 21 heavy (non-hydrogen) atoms. The molecule has 0 N–H and O–H groups in total. The van der Waals surface area contributed by atoms with Crippen molar-refractivity contribution in [3.8, 4) is 0 Å². The molecule has 120 valence electrons. The number of hydrogen-bond donors (Lipinski definition) is 0. The zero-order valence-corrected chi connectivity index (χ0v) is 14.1. The number of amides is 2. The second kappa shape index (κ2) is 6.37. The molecule has 2 heterocycles. The van der Waals surface area contributed by atoms with Crippen LogP contribution in [0.2, 0.25) is 0 Å². The molecular weight excluding hydrogens is 264 g/mol. The Hall–Kier alpha value is -1.06. The highest BCUT2D eigenvalue weighted by atomic mass is 16.2. The smallest absolute Gasteiger partial charge is 0.246 e. The summed E-state index contributed by atoms with van der Waals surface area (Å²) in [6, 6.07) is -0.314. The third kappa shape index (κ3) is 2.82. The third-order valence-corrected chi connectivity index (χ3v) is 5.05. The van der Waals surface area contributed by atoms with Crippen molar-refractivity contribution in [1.82, 2.24) is 9.80 Å². The van der Waals surface area contributed by atoms with Gasteiger partial charge in [0.05, 0.1) is 0 Å². The summed E-state index contributed by atoms with van der Waals surface area (Å²) in [4.78, 5) is 29.8. The van der Waals surface area contributed by atoms with Crippen molar-refractivity contribution in [3.05, 3.63) is 0 Å².